The van der Waals surface area contributed by atoms with Crippen LogP contribution in [0.3, 0.4) is 0 Å². The average Bonchev–Trinajstić information content (AvgIpc) is 2.62. The van der Waals surface area contributed by atoms with Gasteiger partial charge in [-0.05, 0) is 43.7 Å². The molecule has 0 heterocycles. The Hall–Kier alpha value is -3.02. The van der Waals surface area contributed by atoms with Crippen LogP contribution >= 0.6 is 0 Å². The van der Waals surface area contributed by atoms with Crippen molar-refractivity contribution >= 4 is 17.5 Å². The Morgan fingerprint density at radius 3 is 2.16 bits per heavy atom. The van der Waals surface area contributed by atoms with Gasteiger partial charge in [0.1, 0.15) is 0 Å². The van der Waals surface area contributed by atoms with E-state index in [0.29, 0.717) is 17.2 Å². The fourth-order valence-electron chi connectivity index (χ4n) is 2.29. The van der Waals surface area contributed by atoms with E-state index in [1.807, 2.05) is 25.1 Å². The number of benzene rings is 2. The lowest BCUT2D eigenvalue weighted by Gasteiger charge is -2.16. The molecule has 0 saturated carbocycles. The standard InChI is InChI=1S/C19H22N2O4/c1-12-5-8-15(9-6-12)21-19(23)18(22)20-13(2)14-7-10-16(24-3)17(11-14)25-4/h5-11,13H,1-4H3,(H,20,22)(H,21,23). The number of nitrogens with one attached hydrogen (secondary N) is 2. The second-order valence-electron chi connectivity index (χ2n) is 5.63. The van der Waals surface area contributed by atoms with Gasteiger partial charge < -0.3 is 20.1 Å². The van der Waals surface area contributed by atoms with Gasteiger partial charge in [-0.3, -0.25) is 9.59 Å². The number of aryl methyl sites for hydroxylation is 1. The molecule has 6 nitrogen and oxygen atoms in total. The Balaban J connectivity index is 2.01. The van der Waals surface area contributed by atoms with Crippen molar-refractivity contribution in [1.82, 2.24) is 5.32 Å². The molecular formula is C19H22N2O4. The van der Waals surface area contributed by atoms with E-state index >= 15 is 0 Å². The van der Waals surface area contributed by atoms with Crippen LogP contribution in [0.15, 0.2) is 42.5 Å². The number of hydrogen-bond acceptors (Lipinski definition) is 4. The summed E-state index contributed by atoms with van der Waals surface area (Å²) in [4.78, 5) is 24.1. The average molecular weight is 342 g/mol. The van der Waals surface area contributed by atoms with Crippen molar-refractivity contribution in [2.45, 2.75) is 19.9 Å². The Morgan fingerprint density at radius 2 is 1.56 bits per heavy atom. The van der Waals surface area contributed by atoms with Crippen molar-refractivity contribution in [3.05, 3.63) is 53.6 Å². The molecule has 2 aromatic rings. The third-order valence-corrected chi connectivity index (χ3v) is 3.77. The highest BCUT2D eigenvalue weighted by Gasteiger charge is 2.18. The van der Waals surface area contributed by atoms with Crippen molar-refractivity contribution in [3.63, 3.8) is 0 Å². The molecule has 1 atom stereocenters. The fraction of sp³-hybridized carbons (Fsp3) is 0.263. The van der Waals surface area contributed by atoms with Crippen molar-refractivity contribution < 1.29 is 19.1 Å². The molecule has 1 unspecified atom stereocenters. The maximum absolute atomic E-state index is 12.1. The molecule has 2 rings (SSSR count). The van der Waals surface area contributed by atoms with Crippen molar-refractivity contribution in [2.24, 2.45) is 0 Å². The molecule has 0 spiro atoms. The summed E-state index contributed by atoms with van der Waals surface area (Å²) in [7, 11) is 3.10. The van der Waals surface area contributed by atoms with Crippen molar-refractivity contribution in [1.29, 1.82) is 0 Å². The Morgan fingerprint density at radius 1 is 0.920 bits per heavy atom. The molecule has 0 aromatic heterocycles. The van der Waals surface area contributed by atoms with Gasteiger partial charge in [-0.15, -0.1) is 0 Å². The highest BCUT2D eigenvalue weighted by atomic mass is 16.5. The van der Waals surface area contributed by atoms with Crippen LogP contribution in [0.25, 0.3) is 0 Å². The van der Waals surface area contributed by atoms with E-state index in [9.17, 15) is 9.59 Å². The minimum atomic E-state index is -0.712. The second-order valence-corrected chi connectivity index (χ2v) is 5.63. The summed E-state index contributed by atoms with van der Waals surface area (Å²) < 4.78 is 10.4. The van der Waals surface area contributed by atoms with Crippen LogP contribution in [-0.4, -0.2) is 26.0 Å². The van der Waals surface area contributed by atoms with Gasteiger partial charge in [0.2, 0.25) is 0 Å². The van der Waals surface area contributed by atoms with Crippen molar-refractivity contribution in [2.75, 3.05) is 19.5 Å². The number of carbonyl (C=O) groups excluding carboxylic acids is 2. The summed E-state index contributed by atoms with van der Waals surface area (Å²) in [6.07, 6.45) is 0. The molecule has 25 heavy (non-hydrogen) atoms. The van der Waals surface area contributed by atoms with Gasteiger partial charge in [-0.2, -0.15) is 0 Å². The zero-order valence-corrected chi connectivity index (χ0v) is 14.8. The molecule has 0 saturated heterocycles. The maximum atomic E-state index is 12.1. The first-order valence-corrected chi connectivity index (χ1v) is 7.85. The van der Waals surface area contributed by atoms with Gasteiger partial charge in [0, 0.05) is 5.69 Å². The first-order valence-electron chi connectivity index (χ1n) is 7.85. The number of ether oxygens (including phenoxy) is 2. The third kappa shape index (κ3) is 4.73. The van der Waals surface area contributed by atoms with Gasteiger partial charge in [-0.1, -0.05) is 23.8 Å². The number of amides is 2. The minimum Gasteiger partial charge on any atom is -0.493 e. The van der Waals surface area contributed by atoms with Gasteiger partial charge in [0.05, 0.1) is 20.3 Å². The predicted octanol–water partition coefficient (Wildman–Crippen LogP) is 2.83. The van der Waals surface area contributed by atoms with Crippen LogP contribution in [0.1, 0.15) is 24.1 Å². The minimum absolute atomic E-state index is 0.365. The molecule has 2 amide bonds. The van der Waals surface area contributed by atoms with E-state index < -0.39 is 11.8 Å². The van der Waals surface area contributed by atoms with Gasteiger partial charge in [0.15, 0.2) is 11.5 Å². The number of hydrogen-bond donors (Lipinski definition) is 2. The maximum Gasteiger partial charge on any atom is 0.313 e. The topological polar surface area (TPSA) is 76.7 Å². The molecule has 0 radical (unpaired) electrons. The van der Waals surface area contributed by atoms with E-state index in [1.165, 1.54) is 0 Å². The van der Waals surface area contributed by atoms with E-state index in [2.05, 4.69) is 10.6 Å². The first-order chi connectivity index (χ1) is 11.9. The van der Waals surface area contributed by atoms with Crippen LogP contribution in [0, 0.1) is 6.92 Å². The molecule has 2 aromatic carbocycles. The van der Waals surface area contributed by atoms with E-state index in [-0.39, 0.29) is 6.04 Å². The Bertz CT molecular complexity index is 757. The summed E-state index contributed by atoms with van der Waals surface area (Å²) in [6.45, 7) is 3.74. The van der Waals surface area contributed by atoms with Gasteiger partial charge in [-0.25, -0.2) is 0 Å². The van der Waals surface area contributed by atoms with E-state index in [1.54, 1.807) is 45.4 Å². The Kier molecular flexibility index (Phi) is 6.00. The lowest BCUT2D eigenvalue weighted by Crippen LogP contribution is -2.36. The Labute approximate surface area is 147 Å². The summed E-state index contributed by atoms with van der Waals surface area (Å²) in [5.41, 5.74) is 2.45. The van der Waals surface area contributed by atoms with E-state index in [4.69, 9.17) is 9.47 Å². The normalized spacial score (nSPS) is 11.4. The van der Waals surface area contributed by atoms with Crippen molar-refractivity contribution in [3.8, 4) is 11.5 Å². The molecule has 0 fully saturated rings. The molecule has 2 N–H and O–H groups in total. The zero-order valence-electron chi connectivity index (χ0n) is 14.8. The smallest absolute Gasteiger partial charge is 0.313 e. The number of methoxy groups -OCH3 is 2. The molecule has 0 aliphatic rings. The van der Waals surface area contributed by atoms with E-state index in [0.717, 1.165) is 11.1 Å². The molecule has 0 aliphatic carbocycles. The predicted molar refractivity (Wildman–Crippen MR) is 95.9 cm³/mol. The molecule has 0 aliphatic heterocycles. The van der Waals surface area contributed by atoms with Crippen LogP contribution in [0.4, 0.5) is 5.69 Å². The fourth-order valence-corrected chi connectivity index (χ4v) is 2.29. The van der Waals surface area contributed by atoms with Gasteiger partial charge in [0.25, 0.3) is 0 Å². The highest BCUT2D eigenvalue weighted by molar-refractivity contribution is 6.39. The second kappa shape index (κ2) is 8.19. The number of rotatable bonds is 5. The molecular weight excluding hydrogens is 320 g/mol. The summed E-state index contributed by atoms with van der Waals surface area (Å²) >= 11 is 0. The summed E-state index contributed by atoms with van der Waals surface area (Å²) in [6, 6.07) is 12.2. The molecule has 6 heteroatoms. The quantitative estimate of drug-likeness (QED) is 0.819. The van der Waals surface area contributed by atoms with Crippen LogP contribution in [-0.2, 0) is 9.59 Å². The molecule has 132 valence electrons. The van der Waals surface area contributed by atoms with Gasteiger partial charge >= 0.3 is 11.8 Å². The summed E-state index contributed by atoms with van der Waals surface area (Å²) in [5.74, 6) is -0.258. The SMILES string of the molecule is COc1ccc(C(C)NC(=O)C(=O)Nc2ccc(C)cc2)cc1OC. The molecule has 0 bridgehead atoms. The summed E-state index contributed by atoms with van der Waals surface area (Å²) in [5, 5.41) is 5.24. The number of anilines is 1. The zero-order chi connectivity index (χ0) is 18.4. The van der Waals surface area contributed by atoms with Crippen LogP contribution < -0.4 is 20.1 Å². The lowest BCUT2D eigenvalue weighted by molar-refractivity contribution is -0.136. The van der Waals surface area contributed by atoms with Crippen LogP contribution in [0.2, 0.25) is 0 Å². The highest BCUT2D eigenvalue weighted by Crippen LogP contribution is 2.29. The third-order valence-electron chi connectivity index (χ3n) is 3.77. The first kappa shape index (κ1) is 18.3. The number of carbonyl (C=O) groups is 2. The lowest BCUT2D eigenvalue weighted by atomic mass is 10.1. The monoisotopic (exact) mass is 342 g/mol. The largest absolute Gasteiger partial charge is 0.493 e. The van der Waals surface area contributed by atoms with Crippen LogP contribution in [0.5, 0.6) is 11.5 Å².